The van der Waals surface area contributed by atoms with E-state index in [0.29, 0.717) is 17.8 Å². The van der Waals surface area contributed by atoms with Crippen molar-refractivity contribution >= 4 is 22.9 Å². The molecule has 1 aromatic carbocycles. The zero-order valence-electron chi connectivity index (χ0n) is 14.0. The zero-order chi connectivity index (χ0) is 17.5. The molecule has 2 heterocycles. The highest BCUT2D eigenvalue weighted by molar-refractivity contribution is 7.09. The van der Waals surface area contributed by atoms with E-state index < -0.39 is 0 Å². The van der Waals surface area contributed by atoms with Gasteiger partial charge in [0, 0.05) is 6.61 Å². The first kappa shape index (κ1) is 17.6. The fraction of sp³-hybridized carbons (Fsp3) is 0.368. The van der Waals surface area contributed by atoms with Gasteiger partial charge in [-0.15, -0.1) is 11.3 Å². The fourth-order valence-corrected chi connectivity index (χ4v) is 3.88. The number of nitriles is 1. The summed E-state index contributed by atoms with van der Waals surface area (Å²) >= 11 is 1.71. The van der Waals surface area contributed by atoms with Gasteiger partial charge in [-0.25, -0.2) is 0 Å². The molecule has 3 rings (SSSR count). The van der Waals surface area contributed by atoms with Crippen molar-refractivity contribution in [2.24, 2.45) is 0 Å². The Morgan fingerprint density at radius 3 is 2.96 bits per heavy atom. The van der Waals surface area contributed by atoms with Gasteiger partial charge in [-0.2, -0.15) is 5.26 Å². The lowest BCUT2D eigenvalue weighted by molar-refractivity contribution is -0.908. The molecule has 0 saturated carbocycles. The van der Waals surface area contributed by atoms with Gasteiger partial charge in [-0.1, -0.05) is 18.2 Å². The number of nitrogens with zero attached hydrogens (tertiary/aromatic N) is 1. The number of hydrogen-bond donors (Lipinski definition) is 2. The minimum Gasteiger partial charge on any atom is -0.372 e. The highest BCUT2D eigenvalue weighted by Crippen LogP contribution is 2.13. The molecule has 6 heteroatoms. The largest absolute Gasteiger partial charge is 0.372 e. The van der Waals surface area contributed by atoms with E-state index >= 15 is 0 Å². The topological polar surface area (TPSA) is 66.6 Å². The minimum absolute atomic E-state index is 0.0766. The van der Waals surface area contributed by atoms with Crippen LogP contribution in [0.15, 0.2) is 41.8 Å². The highest BCUT2D eigenvalue weighted by Gasteiger charge is 2.24. The summed E-state index contributed by atoms with van der Waals surface area (Å²) in [4.78, 5) is 15.0. The summed E-state index contributed by atoms with van der Waals surface area (Å²) in [5.74, 6) is -0.0766. The predicted molar refractivity (Wildman–Crippen MR) is 97.5 cm³/mol. The number of amides is 1. The Kier molecular flexibility index (Phi) is 6.18. The molecule has 2 N–H and O–H groups in total. The maximum atomic E-state index is 12.5. The third-order valence-corrected chi connectivity index (χ3v) is 5.15. The number of thiophene rings is 1. The Hall–Kier alpha value is -2.20. The first-order chi connectivity index (χ1) is 12.2. The van der Waals surface area contributed by atoms with Crippen molar-refractivity contribution in [2.75, 3.05) is 25.0 Å². The van der Waals surface area contributed by atoms with Crippen molar-refractivity contribution in [3.05, 3.63) is 52.2 Å². The van der Waals surface area contributed by atoms with Crippen LogP contribution in [-0.2, 0) is 16.1 Å². The van der Waals surface area contributed by atoms with Gasteiger partial charge in [0.15, 0.2) is 6.54 Å². The van der Waals surface area contributed by atoms with Gasteiger partial charge in [0.2, 0.25) is 0 Å². The van der Waals surface area contributed by atoms with Gasteiger partial charge in [0.1, 0.15) is 25.3 Å². The second kappa shape index (κ2) is 8.77. The summed E-state index contributed by atoms with van der Waals surface area (Å²) in [5, 5.41) is 14.1. The monoisotopic (exact) mass is 356 g/mol. The van der Waals surface area contributed by atoms with E-state index in [1.165, 1.54) is 9.78 Å². The van der Waals surface area contributed by atoms with E-state index in [0.717, 1.165) is 32.5 Å². The average molecular weight is 356 g/mol. The molecule has 25 heavy (non-hydrogen) atoms. The van der Waals surface area contributed by atoms with Crippen molar-refractivity contribution < 1.29 is 14.4 Å². The molecule has 1 amide bonds. The summed E-state index contributed by atoms with van der Waals surface area (Å²) in [6.07, 6.45) is 2.39. The van der Waals surface area contributed by atoms with Crippen LogP contribution in [0.2, 0.25) is 0 Å². The lowest BCUT2D eigenvalue weighted by Crippen LogP contribution is -3.12. The van der Waals surface area contributed by atoms with E-state index in [2.05, 4.69) is 22.8 Å². The maximum absolute atomic E-state index is 12.5. The fourth-order valence-electron chi connectivity index (χ4n) is 3.10. The van der Waals surface area contributed by atoms with Crippen LogP contribution in [0, 0.1) is 11.3 Å². The van der Waals surface area contributed by atoms with E-state index in [1.54, 1.807) is 29.5 Å². The van der Waals surface area contributed by atoms with Gasteiger partial charge in [-0.3, -0.25) is 4.79 Å². The first-order valence-electron chi connectivity index (χ1n) is 8.51. The highest BCUT2D eigenvalue weighted by atomic mass is 32.1. The van der Waals surface area contributed by atoms with Crippen LogP contribution in [0.5, 0.6) is 0 Å². The molecule has 5 nitrogen and oxygen atoms in total. The van der Waals surface area contributed by atoms with Crippen LogP contribution in [0.4, 0.5) is 5.69 Å². The number of carbonyl (C=O) groups excluding carboxylic acids is 1. The first-order valence-corrected chi connectivity index (χ1v) is 9.39. The second-order valence-electron chi connectivity index (χ2n) is 6.23. The SMILES string of the molecule is N#Cc1ccccc1NC(=O)C[NH+](Cc1cccs1)C[C@H]1CCCO1. The summed E-state index contributed by atoms with van der Waals surface area (Å²) in [7, 11) is 0. The summed E-state index contributed by atoms with van der Waals surface area (Å²) in [6.45, 7) is 2.81. The molecule has 2 atom stereocenters. The van der Waals surface area contributed by atoms with E-state index in [9.17, 15) is 4.79 Å². The van der Waals surface area contributed by atoms with Gasteiger partial charge >= 0.3 is 0 Å². The van der Waals surface area contributed by atoms with Crippen molar-refractivity contribution in [1.29, 1.82) is 5.26 Å². The van der Waals surface area contributed by atoms with Crippen molar-refractivity contribution in [3.8, 4) is 6.07 Å². The lowest BCUT2D eigenvalue weighted by atomic mass is 10.2. The number of rotatable bonds is 7. The van der Waals surface area contributed by atoms with Gasteiger partial charge in [0.05, 0.1) is 16.1 Å². The molecule has 2 aromatic rings. The molecule has 1 aromatic heterocycles. The van der Waals surface area contributed by atoms with Crippen LogP contribution in [0.25, 0.3) is 0 Å². The number of quaternary nitrogens is 1. The Morgan fingerprint density at radius 2 is 2.24 bits per heavy atom. The molecule has 1 saturated heterocycles. The number of hydrogen-bond acceptors (Lipinski definition) is 4. The van der Waals surface area contributed by atoms with Crippen LogP contribution in [0.1, 0.15) is 23.3 Å². The van der Waals surface area contributed by atoms with Crippen LogP contribution in [0.3, 0.4) is 0 Å². The molecular formula is C19H22N3O2S+. The Balaban J connectivity index is 1.63. The number of para-hydroxylation sites is 1. The lowest BCUT2D eigenvalue weighted by Gasteiger charge is -2.21. The third-order valence-electron chi connectivity index (χ3n) is 4.28. The summed E-state index contributed by atoms with van der Waals surface area (Å²) < 4.78 is 5.75. The molecule has 0 radical (unpaired) electrons. The summed E-state index contributed by atoms with van der Waals surface area (Å²) in [5.41, 5.74) is 1.05. The van der Waals surface area contributed by atoms with Crippen LogP contribution >= 0.6 is 11.3 Å². The molecular weight excluding hydrogens is 334 g/mol. The van der Waals surface area contributed by atoms with Crippen LogP contribution in [-0.4, -0.2) is 31.7 Å². The minimum atomic E-state index is -0.0766. The maximum Gasteiger partial charge on any atom is 0.279 e. The molecule has 1 fully saturated rings. The molecule has 1 aliphatic heterocycles. The quantitative estimate of drug-likeness (QED) is 0.795. The van der Waals surface area contributed by atoms with Crippen molar-refractivity contribution in [3.63, 3.8) is 0 Å². The molecule has 1 aliphatic rings. The molecule has 1 unspecified atom stereocenters. The smallest absolute Gasteiger partial charge is 0.279 e. The Morgan fingerprint density at radius 1 is 1.36 bits per heavy atom. The Labute approximate surface area is 151 Å². The van der Waals surface area contributed by atoms with Crippen LogP contribution < -0.4 is 10.2 Å². The van der Waals surface area contributed by atoms with Gasteiger partial charge in [-0.05, 0) is 36.4 Å². The van der Waals surface area contributed by atoms with E-state index in [1.807, 2.05) is 12.1 Å². The number of carbonyl (C=O) groups is 1. The normalized spacial score (nSPS) is 17.8. The van der Waals surface area contributed by atoms with Gasteiger partial charge < -0.3 is 15.0 Å². The average Bonchev–Trinajstić information content (AvgIpc) is 3.29. The summed E-state index contributed by atoms with van der Waals surface area (Å²) in [6, 6.07) is 13.3. The van der Waals surface area contributed by atoms with Crippen molar-refractivity contribution in [1.82, 2.24) is 0 Å². The number of benzene rings is 1. The molecule has 130 valence electrons. The Bertz CT molecular complexity index is 733. The molecule has 0 spiro atoms. The second-order valence-corrected chi connectivity index (χ2v) is 7.26. The molecule has 0 bridgehead atoms. The van der Waals surface area contributed by atoms with E-state index in [-0.39, 0.29) is 12.0 Å². The molecule has 0 aliphatic carbocycles. The van der Waals surface area contributed by atoms with E-state index in [4.69, 9.17) is 10.00 Å². The number of ether oxygens (including phenoxy) is 1. The number of anilines is 1. The standard InChI is InChI=1S/C19H21N3O2S/c20-11-15-5-1-2-8-18(15)21-19(23)14-22(12-16-6-3-9-24-16)13-17-7-4-10-25-17/h1-2,4-5,7-8,10,16H,3,6,9,12-14H2,(H,21,23)/p+1/t16-/m1/s1. The third kappa shape index (κ3) is 5.13. The number of nitrogens with one attached hydrogen (secondary N) is 2. The zero-order valence-corrected chi connectivity index (χ0v) is 14.8. The van der Waals surface area contributed by atoms with Gasteiger partial charge in [0.25, 0.3) is 5.91 Å². The van der Waals surface area contributed by atoms with Crippen molar-refractivity contribution in [2.45, 2.75) is 25.5 Å². The predicted octanol–water partition coefficient (Wildman–Crippen LogP) is 1.82.